The topological polar surface area (TPSA) is 102 Å². The number of benzene rings is 3. The van der Waals surface area contributed by atoms with Crippen molar-refractivity contribution < 1.29 is 10.0 Å². The van der Waals surface area contributed by atoms with Gasteiger partial charge < -0.3 is 5.11 Å². The second kappa shape index (κ2) is 5.91. The van der Waals surface area contributed by atoms with Crippen LogP contribution in [0.4, 0.5) is 11.4 Å². The molecule has 0 atom stereocenters. The molecule has 0 saturated carbocycles. The average Bonchev–Trinajstić information content (AvgIpc) is 3.10. The Hall–Kier alpha value is -3.39. The van der Waals surface area contributed by atoms with E-state index < -0.39 is 4.92 Å². The van der Waals surface area contributed by atoms with Crippen molar-refractivity contribution in [3.05, 3.63) is 64.2 Å². The molecular formula is C17H10N4O3S. The van der Waals surface area contributed by atoms with Gasteiger partial charge in [0.2, 0.25) is 0 Å². The molecule has 122 valence electrons. The monoisotopic (exact) mass is 350 g/mol. The van der Waals surface area contributed by atoms with E-state index in [0.717, 1.165) is 17.2 Å². The molecule has 0 spiro atoms. The molecule has 4 rings (SSSR count). The number of nitrogens with zero attached hydrogens (tertiary/aromatic N) is 4. The van der Waals surface area contributed by atoms with E-state index in [1.807, 2.05) is 6.07 Å². The van der Waals surface area contributed by atoms with Gasteiger partial charge in [0, 0.05) is 23.2 Å². The van der Waals surface area contributed by atoms with E-state index in [1.54, 1.807) is 36.4 Å². The fourth-order valence-electron chi connectivity index (χ4n) is 2.65. The van der Waals surface area contributed by atoms with Gasteiger partial charge in [-0.2, -0.15) is 8.75 Å². The molecule has 3 aromatic carbocycles. The quantitative estimate of drug-likeness (QED) is 0.339. The molecule has 0 bridgehead atoms. The second-order valence-electron chi connectivity index (χ2n) is 5.30. The fraction of sp³-hybridized carbons (Fsp3) is 0. The molecule has 0 unspecified atom stereocenters. The van der Waals surface area contributed by atoms with Crippen LogP contribution in [-0.2, 0) is 0 Å². The van der Waals surface area contributed by atoms with Gasteiger partial charge in [-0.15, -0.1) is 0 Å². The van der Waals surface area contributed by atoms with Crippen LogP contribution < -0.4 is 0 Å². The smallest absolute Gasteiger partial charge is 0.278 e. The minimum Gasteiger partial charge on any atom is -0.507 e. The minimum atomic E-state index is -0.468. The van der Waals surface area contributed by atoms with E-state index in [1.165, 1.54) is 12.3 Å². The number of rotatable bonds is 3. The summed E-state index contributed by atoms with van der Waals surface area (Å²) in [5.41, 5.74) is 2.15. The molecule has 25 heavy (non-hydrogen) atoms. The van der Waals surface area contributed by atoms with E-state index >= 15 is 0 Å². The van der Waals surface area contributed by atoms with Gasteiger partial charge in [-0.05, 0) is 18.2 Å². The highest BCUT2D eigenvalue weighted by Crippen LogP contribution is 2.35. The van der Waals surface area contributed by atoms with Crippen molar-refractivity contribution in [1.29, 1.82) is 0 Å². The molecule has 0 aliphatic rings. The Bertz CT molecular complexity index is 1150. The van der Waals surface area contributed by atoms with Crippen LogP contribution in [0.2, 0.25) is 0 Å². The first-order valence-corrected chi connectivity index (χ1v) is 8.02. The van der Waals surface area contributed by atoms with Crippen molar-refractivity contribution in [2.75, 3.05) is 0 Å². The number of nitro benzene ring substituents is 1. The van der Waals surface area contributed by atoms with Crippen molar-refractivity contribution in [2.24, 2.45) is 4.99 Å². The van der Waals surface area contributed by atoms with Crippen LogP contribution in [0.15, 0.2) is 53.5 Å². The van der Waals surface area contributed by atoms with Crippen LogP contribution in [0, 0.1) is 10.1 Å². The third-order valence-corrected chi connectivity index (χ3v) is 4.37. The minimum absolute atomic E-state index is 0.0477. The number of nitro groups is 1. The molecule has 0 saturated heterocycles. The maximum Gasteiger partial charge on any atom is 0.278 e. The first-order chi connectivity index (χ1) is 12.1. The highest BCUT2D eigenvalue weighted by atomic mass is 32.1. The Balaban J connectivity index is 1.88. The van der Waals surface area contributed by atoms with Gasteiger partial charge in [0.1, 0.15) is 16.8 Å². The number of aromatic nitrogens is 2. The molecule has 4 aromatic rings. The van der Waals surface area contributed by atoms with E-state index in [0.29, 0.717) is 22.0 Å². The Morgan fingerprint density at radius 1 is 1.12 bits per heavy atom. The van der Waals surface area contributed by atoms with Gasteiger partial charge in [0.15, 0.2) is 0 Å². The number of aromatic hydroxyl groups is 1. The Morgan fingerprint density at radius 3 is 2.72 bits per heavy atom. The predicted molar refractivity (Wildman–Crippen MR) is 96.9 cm³/mol. The number of hydrogen-bond acceptors (Lipinski definition) is 7. The van der Waals surface area contributed by atoms with Gasteiger partial charge in [0.05, 0.1) is 27.7 Å². The standard InChI is InChI=1S/C17H10N4O3S/c22-17-10(8-15(21(23)24)11-4-1-2-5-12(11)17)9-18-13-6-3-7-14-16(13)20-25-19-14/h1-9,22H. The lowest BCUT2D eigenvalue weighted by Crippen LogP contribution is -1.93. The third kappa shape index (κ3) is 2.58. The van der Waals surface area contributed by atoms with Crippen LogP contribution in [-0.4, -0.2) is 25.0 Å². The van der Waals surface area contributed by atoms with Crippen molar-refractivity contribution in [2.45, 2.75) is 0 Å². The highest BCUT2D eigenvalue weighted by Gasteiger charge is 2.17. The molecule has 1 heterocycles. The molecule has 8 heteroatoms. The molecule has 1 aromatic heterocycles. The summed E-state index contributed by atoms with van der Waals surface area (Å²) >= 11 is 1.09. The zero-order chi connectivity index (χ0) is 17.4. The third-order valence-electron chi connectivity index (χ3n) is 3.83. The summed E-state index contributed by atoms with van der Waals surface area (Å²) in [6.45, 7) is 0. The van der Waals surface area contributed by atoms with Gasteiger partial charge in [-0.1, -0.05) is 24.3 Å². The zero-order valence-electron chi connectivity index (χ0n) is 12.7. The number of phenolic OH excluding ortho intramolecular Hbond substituents is 1. The molecule has 7 nitrogen and oxygen atoms in total. The highest BCUT2D eigenvalue weighted by molar-refractivity contribution is 7.00. The Morgan fingerprint density at radius 2 is 1.92 bits per heavy atom. The largest absolute Gasteiger partial charge is 0.507 e. The number of aliphatic imine (C=N–C) groups is 1. The summed E-state index contributed by atoms with van der Waals surface area (Å²) in [6, 6.07) is 13.4. The summed E-state index contributed by atoms with van der Waals surface area (Å²) in [7, 11) is 0. The van der Waals surface area contributed by atoms with E-state index in [2.05, 4.69) is 13.7 Å². The summed E-state index contributed by atoms with van der Waals surface area (Å²) in [4.78, 5) is 15.2. The first kappa shape index (κ1) is 15.2. The van der Waals surface area contributed by atoms with Crippen molar-refractivity contribution in [3.63, 3.8) is 0 Å². The molecule has 0 aliphatic carbocycles. The van der Waals surface area contributed by atoms with E-state index in [9.17, 15) is 15.2 Å². The summed E-state index contributed by atoms with van der Waals surface area (Å²) in [5.74, 6) is -0.0477. The van der Waals surface area contributed by atoms with Crippen LogP contribution in [0.5, 0.6) is 5.75 Å². The van der Waals surface area contributed by atoms with E-state index in [-0.39, 0.29) is 17.0 Å². The summed E-state index contributed by atoms with van der Waals surface area (Å²) in [6.07, 6.45) is 1.41. The van der Waals surface area contributed by atoms with Gasteiger partial charge in [0.25, 0.3) is 5.69 Å². The average molecular weight is 350 g/mol. The van der Waals surface area contributed by atoms with Crippen LogP contribution >= 0.6 is 11.7 Å². The molecule has 0 fully saturated rings. The van der Waals surface area contributed by atoms with Crippen LogP contribution in [0.25, 0.3) is 21.8 Å². The Kier molecular flexibility index (Phi) is 3.58. The molecular weight excluding hydrogens is 340 g/mol. The van der Waals surface area contributed by atoms with Gasteiger partial charge >= 0.3 is 0 Å². The summed E-state index contributed by atoms with van der Waals surface area (Å²) in [5, 5.41) is 22.6. The SMILES string of the molecule is O=[N+]([O-])c1cc(C=Nc2cccc3nsnc23)c(O)c2ccccc12. The van der Waals surface area contributed by atoms with Crippen LogP contribution in [0.1, 0.15) is 5.56 Å². The lowest BCUT2D eigenvalue weighted by molar-refractivity contribution is -0.383. The fourth-order valence-corrected chi connectivity index (χ4v) is 3.19. The maximum absolute atomic E-state index is 11.4. The molecule has 0 radical (unpaired) electrons. The number of non-ortho nitro benzene ring substituents is 1. The predicted octanol–water partition coefficient (Wildman–Crippen LogP) is 4.21. The lowest BCUT2D eigenvalue weighted by Gasteiger charge is -2.05. The van der Waals surface area contributed by atoms with Crippen molar-refractivity contribution in [3.8, 4) is 5.75 Å². The lowest BCUT2D eigenvalue weighted by atomic mass is 10.0. The van der Waals surface area contributed by atoms with E-state index in [4.69, 9.17) is 0 Å². The maximum atomic E-state index is 11.4. The number of hydrogen-bond donors (Lipinski definition) is 1. The van der Waals surface area contributed by atoms with Crippen LogP contribution in [0.3, 0.4) is 0 Å². The summed E-state index contributed by atoms with van der Waals surface area (Å²) < 4.78 is 8.34. The Labute approximate surface area is 145 Å². The molecule has 0 amide bonds. The second-order valence-corrected chi connectivity index (χ2v) is 5.83. The number of phenols is 1. The molecule has 0 aliphatic heterocycles. The van der Waals surface area contributed by atoms with Gasteiger partial charge in [-0.25, -0.2) is 0 Å². The zero-order valence-corrected chi connectivity index (χ0v) is 13.5. The number of fused-ring (bicyclic) bond motifs is 2. The normalized spacial score (nSPS) is 11.5. The van der Waals surface area contributed by atoms with Gasteiger partial charge in [-0.3, -0.25) is 15.1 Å². The first-order valence-electron chi connectivity index (χ1n) is 7.29. The van der Waals surface area contributed by atoms with Crippen molar-refractivity contribution in [1.82, 2.24) is 8.75 Å². The molecule has 1 N–H and O–H groups in total. The van der Waals surface area contributed by atoms with Crippen molar-refractivity contribution >= 4 is 51.1 Å².